The van der Waals surface area contributed by atoms with E-state index in [9.17, 15) is 9.59 Å². The predicted octanol–water partition coefficient (Wildman–Crippen LogP) is 3.81. The van der Waals surface area contributed by atoms with Crippen molar-refractivity contribution in [2.24, 2.45) is 10.9 Å². The summed E-state index contributed by atoms with van der Waals surface area (Å²) in [5.41, 5.74) is 3.83. The molecular weight excluding hydrogens is 398 g/mol. The van der Waals surface area contributed by atoms with Gasteiger partial charge in [0.05, 0.1) is 27.4 Å². The highest BCUT2D eigenvalue weighted by Crippen LogP contribution is 2.41. The van der Waals surface area contributed by atoms with Crippen LogP contribution in [-0.4, -0.2) is 39.0 Å². The van der Waals surface area contributed by atoms with Gasteiger partial charge in [0.25, 0.3) is 0 Å². The number of hydrogen-bond donors (Lipinski definition) is 2. The molecule has 3 amide bonds. The smallest absolute Gasteiger partial charge is 0.341 e. The van der Waals surface area contributed by atoms with E-state index in [2.05, 4.69) is 15.6 Å². The van der Waals surface area contributed by atoms with Gasteiger partial charge in [-0.3, -0.25) is 4.79 Å². The molecule has 8 nitrogen and oxygen atoms in total. The number of urea groups is 1. The molecule has 0 saturated carbocycles. The molecule has 2 atom stereocenters. The van der Waals surface area contributed by atoms with Crippen molar-refractivity contribution >= 4 is 23.3 Å². The van der Waals surface area contributed by atoms with E-state index in [0.717, 1.165) is 16.8 Å². The van der Waals surface area contributed by atoms with Gasteiger partial charge >= 0.3 is 6.03 Å². The third-order valence-corrected chi connectivity index (χ3v) is 5.53. The number of carbonyl (C=O) groups excluding carboxylic acids is 2. The van der Waals surface area contributed by atoms with Crippen LogP contribution in [0.3, 0.4) is 0 Å². The topological polar surface area (TPSA) is 98.2 Å². The van der Waals surface area contributed by atoms with Gasteiger partial charge in [-0.15, -0.1) is 0 Å². The first-order valence-corrected chi connectivity index (χ1v) is 9.83. The van der Waals surface area contributed by atoms with E-state index in [1.165, 1.54) is 21.3 Å². The summed E-state index contributed by atoms with van der Waals surface area (Å²) in [5.74, 6) is 0.298. The molecule has 0 saturated heterocycles. The molecule has 0 fully saturated rings. The Labute approximate surface area is 181 Å². The molecule has 0 aromatic heterocycles. The van der Waals surface area contributed by atoms with E-state index in [4.69, 9.17) is 14.2 Å². The van der Waals surface area contributed by atoms with E-state index >= 15 is 0 Å². The Morgan fingerprint density at radius 3 is 2.26 bits per heavy atom. The maximum Gasteiger partial charge on any atom is 0.341 e. The summed E-state index contributed by atoms with van der Waals surface area (Å²) in [5, 5.41) is 5.79. The van der Waals surface area contributed by atoms with E-state index < -0.39 is 18.0 Å². The first kappa shape index (κ1) is 22.1. The largest absolute Gasteiger partial charge is 0.493 e. The third-order valence-electron chi connectivity index (χ3n) is 5.53. The first-order chi connectivity index (χ1) is 14.8. The number of aliphatic imine (C=N–C) groups is 1. The molecule has 3 rings (SSSR count). The number of anilines is 1. The van der Waals surface area contributed by atoms with Gasteiger partial charge in [0.2, 0.25) is 11.7 Å². The van der Waals surface area contributed by atoms with E-state index in [-0.39, 0.29) is 5.91 Å². The molecule has 164 valence electrons. The Morgan fingerprint density at radius 1 is 1.03 bits per heavy atom. The summed E-state index contributed by atoms with van der Waals surface area (Å²) in [6.07, 6.45) is 0. The molecule has 2 N–H and O–H groups in total. The van der Waals surface area contributed by atoms with Gasteiger partial charge in [0, 0.05) is 11.4 Å². The highest BCUT2D eigenvalue weighted by Gasteiger charge is 2.38. The van der Waals surface area contributed by atoms with Crippen LogP contribution in [0.5, 0.6) is 17.2 Å². The van der Waals surface area contributed by atoms with Gasteiger partial charge in [0.1, 0.15) is 5.92 Å². The minimum Gasteiger partial charge on any atom is -0.493 e. The van der Waals surface area contributed by atoms with Crippen LogP contribution in [0.4, 0.5) is 10.5 Å². The van der Waals surface area contributed by atoms with Crippen LogP contribution in [0.1, 0.15) is 29.7 Å². The van der Waals surface area contributed by atoms with Gasteiger partial charge in [0.15, 0.2) is 11.5 Å². The minimum absolute atomic E-state index is 0.270. The quantitative estimate of drug-likeness (QED) is 0.733. The Kier molecular flexibility index (Phi) is 6.48. The zero-order valence-corrected chi connectivity index (χ0v) is 18.5. The molecule has 1 heterocycles. The molecule has 0 spiro atoms. The fraction of sp³-hybridized carbons (Fsp3) is 0.348. The summed E-state index contributed by atoms with van der Waals surface area (Å²) < 4.78 is 16.3. The fourth-order valence-corrected chi connectivity index (χ4v) is 3.71. The number of methoxy groups -OCH3 is 3. The van der Waals surface area contributed by atoms with Crippen LogP contribution in [0.15, 0.2) is 35.3 Å². The Hall–Kier alpha value is -3.55. The summed E-state index contributed by atoms with van der Waals surface area (Å²) in [4.78, 5) is 29.5. The van der Waals surface area contributed by atoms with Crippen molar-refractivity contribution in [2.45, 2.75) is 26.8 Å². The summed E-state index contributed by atoms with van der Waals surface area (Å²) in [6.45, 7) is 5.61. The van der Waals surface area contributed by atoms with Crippen molar-refractivity contribution in [2.75, 3.05) is 26.6 Å². The first-order valence-electron chi connectivity index (χ1n) is 9.83. The van der Waals surface area contributed by atoms with Gasteiger partial charge in [-0.2, -0.15) is 0 Å². The Morgan fingerprint density at radius 2 is 1.68 bits per heavy atom. The second-order valence-corrected chi connectivity index (χ2v) is 7.35. The zero-order valence-electron chi connectivity index (χ0n) is 18.5. The number of nitrogens with zero attached hydrogens (tertiary/aromatic N) is 1. The van der Waals surface area contributed by atoms with Gasteiger partial charge in [-0.25, -0.2) is 9.79 Å². The van der Waals surface area contributed by atoms with Crippen molar-refractivity contribution in [3.63, 3.8) is 0 Å². The lowest BCUT2D eigenvalue weighted by atomic mass is 9.87. The van der Waals surface area contributed by atoms with Crippen molar-refractivity contribution in [3.05, 3.63) is 47.0 Å². The summed E-state index contributed by atoms with van der Waals surface area (Å²) >= 11 is 0. The van der Waals surface area contributed by atoms with Gasteiger partial charge in [-0.1, -0.05) is 12.1 Å². The normalized spacial score (nSPS) is 18.0. The highest BCUT2D eigenvalue weighted by molar-refractivity contribution is 6.13. The number of rotatable bonds is 6. The van der Waals surface area contributed by atoms with Crippen molar-refractivity contribution in [1.82, 2.24) is 5.32 Å². The number of nitrogens with one attached hydrogen (secondary N) is 2. The van der Waals surface area contributed by atoms with Gasteiger partial charge < -0.3 is 24.8 Å². The van der Waals surface area contributed by atoms with E-state index in [1.54, 1.807) is 19.1 Å². The lowest BCUT2D eigenvalue weighted by Gasteiger charge is -2.31. The molecular formula is C23H27N3O5. The second-order valence-electron chi connectivity index (χ2n) is 7.35. The average Bonchev–Trinajstić information content (AvgIpc) is 2.75. The monoisotopic (exact) mass is 425 g/mol. The predicted molar refractivity (Wildman–Crippen MR) is 119 cm³/mol. The number of amides is 3. The lowest BCUT2D eigenvalue weighted by molar-refractivity contribution is -0.118. The average molecular weight is 425 g/mol. The van der Waals surface area contributed by atoms with Crippen molar-refractivity contribution < 1.29 is 23.8 Å². The Balaban J connectivity index is 2.04. The minimum atomic E-state index is -0.722. The van der Waals surface area contributed by atoms with E-state index in [0.29, 0.717) is 28.5 Å². The summed E-state index contributed by atoms with van der Waals surface area (Å²) in [7, 11) is 4.54. The standard InChI is InChI=1S/C23H27N3O5/c1-12-8-7-9-16(13(12)2)25-22(27)19-14(3)24-23(28)26-20(19)15-10-17(29-4)21(31-6)18(11-15)30-5/h7-11,19-20H,1-6H3,(H,25,27)(H,26,28). The molecule has 2 aromatic carbocycles. The number of hydrogen-bond acceptors (Lipinski definition) is 5. The fourth-order valence-electron chi connectivity index (χ4n) is 3.71. The third kappa shape index (κ3) is 4.33. The molecule has 0 aliphatic carbocycles. The molecule has 0 radical (unpaired) electrons. The van der Waals surface area contributed by atoms with Crippen LogP contribution in [0, 0.1) is 19.8 Å². The van der Waals surface area contributed by atoms with Crippen LogP contribution >= 0.6 is 0 Å². The van der Waals surface area contributed by atoms with Gasteiger partial charge in [-0.05, 0) is 55.7 Å². The molecule has 2 unspecified atom stereocenters. The number of benzene rings is 2. The van der Waals surface area contributed by atoms with Crippen LogP contribution in [0.25, 0.3) is 0 Å². The second kappa shape index (κ2) is 9.07. The molecule has 0 bridgehead atoms. The maximum atomic E-state index is 13.3. The number of aryl methyl sites for hydroxylation is 1. The lowest BCUT2D eigenvalue weighted by Crippen LogP contribution is -2.45. The van der Waals surface area contributed by atoms with E-state index in [1.807, 2.05) is 32.0 Å². The van der Waals surface area contributed by atoms with Crippen molar-refractivity contribution in [3.8, 4) is 17.2 Å². The molecule has 1 aliphatic rings. The highest BCUT2D eigenvalue weighted by atomic mass is 16.5. The summed E-state index contributed by atoms with van der Waals surface area (Å²) in [6, 6.07) is 8.00. The Bertz CT molecular complexity index is 1020. The maximum absolute atomic E-state index is 13.3. The van der Waals surface area contributed by atoms with Crippen molar-refractivity contribution in [1.29, 1.82) is 0 Å². The molecule has 31 heavy (non-hydrogen) atoms. The van der Waals surface area contributed by atoms with Crippen LogP contribution < -0.4 is 24.8 Å². The molecule has 8 heteroatoms. The van der Waals surface area contributed by atoms with Crippen LogP contribution in [0.2, 0.25) is 0 Å². The number of carbonyl (C=O) groups is 2. The molecule has 1 aliphatic heterocycles. The SMILES string of the molecule is COc1cc(C2NC(=O)N=C(C)C2C(=O)Nc2cccc(C)c2C)cc(OC)c1OC. The molecule has 2 aromatic rings. The van der Waals surface area contributed by atoms with Crippen LogP contribution in [-0.2, 0) is 4.79 Å². The zero-order chi connectivity index (χ0) is 22.7. The number of ether oxygens (including phenoxy) is 3.